The van der Waals surface area contributed by atoms with Gasteiger partial charge >= 0.3 is 0 Å². The van der Waals surface area contributed by atoms with Gasteiger partial charge < -0.3 is 9.80 Å². The van der Waals surface area contributed by atoms with Crippen LogP contribution in [0.15, 0.2) is 24.5 Å². The van der Waals surface area contributed by atoms with Gasteiger partial charge in [0.05, 0.1) is 6.20 Å². The molecule has 7 heteroatoms. The highest BCUT2D eigenvalue weighted by molar-refractivity contribution is 5.89. The van der Waals surface area contributed by atoms with Gasteiger partial charge in [0, 0.05) is 69.4 Å². The van der Waals surface area contributed by atoms with Crippen LogP contribution in [0.25, 0.3) is 0 Å². The number of nitrogens with zero attached hydrogens (tertiary/aromatic N) is 5. The molecular weight excluding hydrogens is 366 g/mol. The molecule has 5 heterocycles. The summed E-state index contributed by atoms with van der Waals surface area (Å²) in [7, 11) is 0. The lowest BCUT2D eigenvalue weighted by atomic mass is 9.71. The predicted molar refractivity (Wildman–Crippen MR) is 109 cm³/mol. The van der Waals surface area contributed by atoms with Crippen LogP contribution in [0.4, 0.5) is 0 Å². The lowest BCUT2D eigenvalue weighted by Gasteiger charge is -2.56. The second kappa shape index (κ2) is 7.59. The van der Waals surface area contributed by atoms with Crippen LogP contribution < -0.4 is 0 Å². The number of carbonyl (C=O) groups is 2. The maximum absolute atomic E-state index is 13.5. The molecule has 1 aromatic heterocycles. The molecule has 0 N–H and O–H groups in total. The third-order valence-electron chi connectivity index (χ3n) is 7.22. The van der Waals surface area contributed by atoms with Gasteiger partial charge in [0.25, 0.3) is 0 Å². The molecule has 0 unspecified atom stereocenters. The van der Waals surface area contributed by atoms with Crippen LogP contribution in [0, 0.1) is 11.8 Å². The molecule has 29 heavy (non-hydrogen) atoms. The van der Waals surface area contributed by atoms with Gasteiger partial charge in [0.1, 0.15) is 6.04 Å². The summed E-state index contributed by atoms with van der Waals surface area (Å²) in [6, 6.07) is -0.0664. The number of piperidine rings is 3. The number of amides is 2. The molecule has 0 aliphatic carbocycles. The molecule has 2 amide bonds. The van der Waals surface area contributed by atoms with E-state index in [-0.39, 0.29) is 29.8 Å². The van der Waals surface area contributed by atoms with Crippen LogP contribution in [0.2, 0.25) is 0 Å². The topological polar surface area (TPSA) is 61.7 Å². The average molecular weight is 398 g/mol. The van der Waals surface area contributed by atoms with Gasteiger partial charge in [-0.15, -0.1) is 0 Å². The van der Waals surface area contributed by atoms with Crippen LogP contribution in [0.1, 0.15) is 38.2 Å². The molecule has 5 rings (SSSR count). The first-order valence-electron chi connectivity index (χ1n) is 11.1. The summed E-state index contributed by atoms with van der Waals surface area (Å²) >= 11 is 0. The Morgan fingerprint density at radius 1 is 1.21 bits per heavy atom. The Kier molecular flexibility index (Phi) is 4.94. The Balaban J connectivity index is 1.39. The van der Waals surface area contributed by atoms with E-state index in [9.17, 15) is 9.59 Å². The number of fused-ring (bicyclic) bond motifs is 4. The molecule has 7 nitrogen and oxygen atoms in total. The van der Waals surface area contributed by atoms with E-state index in [4.69, 9.17) is 0 Å². The summed E-state index contributed by atoms with van der Waals surface area (Å²) in [6.07, 6.45) is 11.8. The monoisotopic (exact) mass is 397 g/mol. The largest absolute Gasteiger partial charge is 0.333 e. The summed E-state index contributed by atoms with van der Waals surface area (Å²) in [6.45, 7) is 7.09. The van der Waals surface area contributed by atoms with Gasteiger partial charge in [-0.05, 0) is 32.1 Å². The molecule has 156 valence electrons. The first-order chi connectivity index (χ1) is 14.1. The number of carbonyl (C=O) groups excluding carboxylic acids is 2. The minimum Gasteiger partial charge on any atom is -0.333 e. The fraction of sp³-hybridized carbons (Fsp3) is 0.682. The minimum absolute atomic E-state index is 0.152. The van der Waals surface area contributed by atoms with E-state index in [1.165, 1.54) is 5.56 Å². The zero-order chi connectivity index (χ0) is 20.0. The molecule has 3 saturated heterocycles. The normalized spacial score (nSPS) is 32.0. The summed E-state index contributed by atoms with van der Waals surface area (Å²) < 4.78 is 1.97. The molecule has 0 saturated carbocycles. The first-order valence-corrected chi connectivity index (χ1v) is 11.1. The van der Waals surface area contributed by atoms with E-state index in [1.54, 1.807) is 0 Å². The maximum atomic E-state index is 13.5. The zero-order valence-electron chi connectivity index (χ0n) is 17.2. The van der Waals surface area contributed by atoms with Crippen LogP contribution in [0.3, 0.4) is 0 Å². The number of likely N-dealkylation sites (tertiary alicyclic amines) is 1. The Labute approximate surface area is 172 Å². The molecule has 4 aliphatic heterocycles. The molecule has 3 fully saturated rings. The average Bonchev–Trinajstić information content (AvgIpc) is 3.40. The van der Waals surface area contributed by atoms with Crippen LogP contribution in [-0.2, 0) is 22.7 Å². The summed E-state index contributed by atoms with van der Waals surface area (Å²) in [5, 5.41) is 4.41. The lowest BCUT2D eigenvalue weighted by molar-refractivity contribution is -0.164. The molecule has 1 aromatic rings. The number of rotatable bonds is 4. The number of hydrogen-bond acceptors (Lipinski definition) is 4. The smallest absolute Gasteiger partial charge is 0.246 e. The molecule has 4 aliphatic rings. The van der Waals surface area contributed by atoms with E-state index in [2.05, 4.69) is 35.3 Å². The highest BCUT2D eigenvalue weighted by Crippen LogP contribution is 2.42. The third-order valence-corrected chi connectivity index (χ3v) is 7.22. The number of hydrogen-bond donors (Lipinski definition) is 0. The van der Waals surface area contributed by atoms with Crippen molar-refractivity contribution in [2.45, 2.75) is 57.8 Å². The van der Waals surface area contributed by atoms with Crippen LogP contribution in [-0.4, -0.2) is 74.6 Å². The fourth-order valence-corrected chi connectivity index (χ4v) is 5.96. The van der Waals surface area contributed by atoms with Crippen LogP contribution >= 0.6 is 0 Å². The molecule has 4 atom stereocenters. The van der Waals surface area contributed by atoms with Gasteiger partial charge in [0.2, 0.25) is 11.8 Å². The van der Waals surface area contributed by atoms with Crippen molar-refractivity contribution in [2.24, 2.45) is 11.8 Å². The molecular formula is C22H31N5O2. The number of aryl methyl sites for hydroxylation is 1. The highest BCUT2D eigenvalue weighted by Gasteiger charge is 2.52. The fourth-order valence-electron chi connectivity index (χ4n) is 5.96. The van der Waals surface area contributed by atoms with Crippen molar-refractivity contribution in [2.75, 3.05) is 26.2 Å². The van der Waals surface area contributed by atoms with Gasteiger partial charge in [-0.25, -0.2) is 0 Å². The maximum Gasteiger partial charge on any atom is 0.246 e. The molecule has 2 bridgehead atoms. The zero-order valence-corrected chi connectivity index (χ0v) is 17.2. The van der Waals surface area contributed by atoms with Crippen molar-refractivity contribution in [3.8, 4) is 0 Å². The van der Waals surface area contributed by atoms with E-state index >= 15 is 0 Å². The Hall–Kier alpha value is -2.15. The van der Waals surface area contributed by atoms with Crippen molar-refractivity contribution in [3.63, 3.8) is 0 Å². The Bertz CT molecular complexity index is 810. The summed E-state index contributed by atoms with van der Waals surface area (Å²) in [5.41, 5.74) is 1.23. The second-order valence-electron chi connectivity index (χ2n) is 9.07. The van der Waals surface area contributed by atoms with E-state index in [1.807, 2.05) is 20.7 Å². The van der Waals surface area contributed by atoms with E-state index in [0.29, 0.717) is 25.4 Å². The van der Waals surface area contributed by atoms with Gasteiger partial charge in [-0.2, -0.15) is 5.10 Å². The van der Waals surface area contributed by atoms with Gasteiger partial charge in [0.15, 0.2) is 0 Å². The first kappa shape index (κ1) is 18.9. The Morgan fingerprint density at radius 2 is 2.00 bits per heavy atom. The predicted octanol–water partition coefficient (Wildman–Crippen LogP) is 1.50. The van der Waals surface area contributed by atoms with Crippen molar-refractivity contribution in [1.29, 1.82) is 0 Å². The van der Waals surface area contributed by atoms with Crippen molar-refractivity contribution in [3.05, 3.63) is 30.1 Å². The van der Waals surface area contributed by atoms with Crippen LogP contribution in [0.5, 0.6) is 0 Å². The SMILES string of the molecule is CCn1cc(CN2C[C@@H]3C[C@H](C2)[C@H](C(=O)N2CC=CC2)N2C(=O)CCC[C@@H]32)cn1. The number of aromatic nitrogens is 2. The second-order valence-corrected chi connectivity index (χ2v) is 9.07. The van der Waals surface area contributed by atoms with Gasteiger partial charge in [-0.3, -0.25) is 19.2 Å². The minimum atomic E-state index is -0.287. The van der Waals surface area contributed by atoms with E-state index in [0.717, 1.165) is 45.4 Å². The lowest BCUT2D eigenvalue weighted by Crippen LogP contribution is -2.68. The van der Waals surface area contributed by atoms with E-state index < -0.39 is 0 Å². The quantitative estimate of drug-likeness (QED) is 0.723. The van der Waals surface area contributed by atoms with Crippen molar-refractivity contribution >= 4 is 11.8 Å². The molecule has 0 spiro atoms. The summed E-state index contributed by atoms with van der Waals surface area (Å²) in [4.78, 5) is 32.8. The van der Waals surface area contributed by atoms with Crippen molar-refractivity contribution in [1.82, 2.24) is 24.5 Å². The molecule has 0 aromatic carbocycles. The third kappa shape index (κ3) is 3.39. The summed E-state index contributed by atoms with van der Waals surface area (Å²) in [5.74, 6) is 1.04. The Morgan fingerprint density at radius 3 is 2.76 bits per heavy atom. The highest BCUT2D eigenvalue weighted by atomic mass is 16.2. The van der Waals surface area contributed by atoms with Gasteiger partial charge in [-0.1, -0.05) is 12.2 Å². The standard InChI is InChI=1S/C22H31N5O2/c1-2-26-13-16(11-23-26)12-24-14-17-10-18(15-24)21(22(29)25-8-3-4-9-25)27-19(17)6-5-7-20(27)28/h3-4,11,13,17-19,21H,2,5-10,12,14-15H2,1H3/t17-,18+,19-,21+/m0/s1. The van der Waals surface area contributed by atoms with Crippen molar-refractivity contribution < 1.29 is 9.59 Å². The molecule has 0 radical (unpaired) electrons.